The number of aromatic nitrogens is 2. The Labute approximate surface area is 235 Å². The molecule has 0 saturated carbocycles. The summed E-state index contributed by atoms with van der Waals surface area (Å²) in [6.45, 7) is 0.155. The zero-order chi connectivity index (χ0) is 27.6. The van der Waals surface area contributed by atoms with Crippen molar-refractivity contribution in [3.05, 3.63) is 133 Å². The van der Waals surface area contributed by atoms with Crippen molar-refractivity contribution < 1.29 is 14.1 Å². The molecule has 0 spiro atoms. The molecule has 0 amide bonds. The Balaban J connectivity index is 1.34. The van der Waals surface area contributed by atoms with Crippen LogP contribution in [0.25, 0.3) is 33.5 Å². The molecule has 0 aliphatic heterocycles. The van der Waals surface area contributed by atoms with Crippen molar-refractivity contribution in [2.45, 2.75) is 6.61 Å². The van der Waals surface area contributed by atoms with E-state index in [4.69, 9.17) is 14.1 Å². The third-order valence-corrected chi connectivity index (χ3v) is 6.65. The van der Waals surface area contributed by atoms with Gasteiger partial charge >= 0.3 is 0 Å². The highest BCUT2D eigenvalue weighted by Crippen LogP contribution is 2.29. The first kappa shape index (κ1) is 25.2. The van der Waals surface area contributed by atoms with Gasteiger partial charge in [-0.3, -0.25) is 14.9 Å². The maximum absolute atomic E-state index is 13.5. The molecule has 0 aliphatic rings. The largest absolute Gasteiger partial charge is 0.489 e. The lowest BCUT2D eigenvalue weighted by atomic mass is 10.2. The van der Waals surface area contributed by atoms with E-state index >= 15 is 0 Å². The molecule has 2 heterocycles. The highest BCUT2D eigenvalue weighted by molar-refractivity contribution is 9.10. The second-order valence-electron chi connectivity index (χ2n) is 8.90. The number of halogens is 1. The smallest absolute Gasteiger partial charge is 0.282 e. The van der Waals surface area contributed by atoms with Crippen molar-refractivity contribution in [3.63, 3.8) is 0 Å². The molecule has 0 unspecified atom stereocenters. The summed E-state index contributed by atoms with van der Waals surface area (Å²) in [7, 11) is 0. The molecule has 0 fully saturated rings. The summed E-state index contributed by atoms with van der Waals surface area (Å²) < 4.78 is 14.0. The topological polar surface area (TPSA) is 113 Å². The van der Waals surface area contributed by atoms with Gasteiger partial charge in [0.05, 0.1) is 22.0 Å². The van der Waals surface area contributed by atoms with E-state index in [0.29, 0.717) is 39.1 Å². The van der Waals surface area contributed by atoms with E-state index in [1.165, 1.54) is 16.8 Å². The highest BCUT2D eigenvalue weighted by atomic mass is 79.9. The van der Waals surface area contributed by atoms with Crippen LogP contribution in [0.15, 0.2) is 116 Å². The quantitative estimate of drug-likeness (QED) is 0.112. The monoisotopic (exact) mass is 594 g/mol. The number of nitro benzene ring substituents is 1. The number of nitro groups is 1. The predicted octanol–water partition coefficient (Wildman–Crippen LogP) is 6.94. The van der Waals surface area contributed by atoms with E-state index in [9.17, 15) is 14.9 Å². The Hall–Kier alpha value is -5.09. The Morgan fingerprint density at radius 3 is 2.73 bits per heavy atom. The van der Waals surface area contributed by atoms with Gasteiger partial charge in [0.25, 0.3) is 11.2 Å². The van der Waals surface area contributed by atoms with Crippen molar-refractivity contribution in [1.82, 2.24) is 9.66 Å². The molecule has 40 heavy (non-hydrogen) atoms. The lowest BCUT2D eigenvalue weighted by Gasteiger charge is -2.08. The minimum absolute atomic E-state index is 0.00399. The number of ether oxygens (including phenoxy) is 1. The van der Waals surface area contributed by atoms with Crippen molar-refractivity contribution in [2.24, 2.45) is 5.10 Å². The summed E-state index contributed by atoms with van der Waals surface area (Å²) >= 11 is 3.47. The number of rotatable bonds is 7. The fourth-order valence-electron chi connectivity index (χ4n) is 4.25. The third-order valence-electron chi connectivity index (χ3n) is 6.16. The molecule has 0 atom stereocenters. The van der Waals surface area contributed by atoms with E-state index in [2.05, 4.69) is 21.0 Å². The summed E-state index contributed by atoms with van der Waals surface area (Å²) in [4.78, 5) is 28.8. The Kier molecular flexibility index (Phi) is 6.67. The molecule has 2 aromatic heterocycles. The van der Waals surface area contributed by atoms with Gasteiger partial charge in [0.15, 0.2) is 5.76 Å². The summed E-state index contributed by atoms with van der Waals surface area (Å²) in [5, 5.41) is 16.8. The molecule has 4 aromatic carbocycles. The molecule has 0 bridgehead atoms. The predicted molar refractivity (Wildman–Crippen MR) is 156 cm³/mol. The van der Waals surface area contributed by atoms with Crippen LogP contribution >= 0.6 is 15.9 Å². The number of fused-ring (bicyclic) bond motifs is 2. The van der Waals surface area contributed by atoms with Crippen LogP contribution in [0, 0.1) is 10.1 Å². The van der Waals surface area contributed by atoms with Gasteiger partial charge in [-0.25, -0.2) is 4.98 Å². The van der Waals surface area contributed by atoms with E-state index in [1.54, 1.807) is 54.7 Å². The van der Waals surface area contributed by atoms with Gasteiger partial charge in [0.2, 0.25) is 5.82 Å². The standard InChI is InChI=1S/C30H19BrN4O5/c31-22-11-12-27-21(15-22)16-28(40-27)29-33-26-10-2-1-9-25(26)30(36)34(29)32-17-19-5-4-8-24(14-19)39-18-20-6-3-7-23(13-20)35(37)38/h1-17H,18H2. The molecule has 0 N–H and O–H groups in total. The zero-order valence-electron chi connectivity index (χ0n) is 20.7. The number of hydrogen-bond donors (Lipinski definition) is 0. The van der Waals surface area contributed by atoms with Crippen molar-refractivity contribution in [1.29, 1.82) is 0 Å². The molecular formula is C30H19BrN4O5. The average Bonchev–Trinajstić information content (AvgIpc) is 3.39. The molecule has 6 rings (SSSR count). The SMILES string of the molecule is O=c1c2ccccc2nc(-c2cc3cc(Br)ccc3o2)n1N=Cc1cccc(OCc2cccc([N+](=O)[O-])c2)c1. The van der Waals surface area contributed by atoms with Gasteiger partial charge in [-0.2, -0.15) is 9.78 Å². The van der Waals surface area contributed by atoms with Crippen LogP contribution in [0.3, 0.4) is 0 Å². The van der Waals surface area contributed by atoms with Crippen LogP contribution in [0.4, 0.5) is 5.69 Å². The number of benzene rings is 4. The molecule has 0 aliphatic carbocycles. The Bertz CT molecular complexity index is 2000. The lowest BCUT2D eigenvalue weighted by Crippen LogP contribution is -2.20. The van der Waals surface area contributed by atoms with Gasteiger partial charge in [-0.05, 0) is 59.7 Å². The van der Waals surface area contributed by atoms with Crippen LogP contribution in [-0.4, -0.2) is 20.8 Å². The molecule has 10 heteroatoms. The summed E-state index contributed by atoms with van der Waals surface area (Å²) in [5.74, 6) is 1.22. The fourth-order valence-corrected chi connectivity index (χ4v) is 4.63. The first-order chi connectivity index (χ1) is 19.4. The molecule has 6 aromatic rings. The maximum Gasteiger partial charge on any atom is 0.282 e. The van der Waals surface area contributed by atoms with E-state index < -0.39 is 4.92 Å². The summed E-state index contributed by atoms with van der Waals surface area (Å²) in [5.41, 5.74) is 2.21. The van der Waals surface area contributed by atoms with E-state index in [1.807, 2.05) is 36.4 Å². The number of hydrogen-bond acceptors (Lipinski definition) is 7. The molecular weight excluding hydrogens is 576 g/mol. The second kappa shape index (κ2) is 10.6. The number of furan rings is 1. The van der Waals surface area contributed by atoms with Gasteiger partial charge < -0.3 is 9.15 Å². The van der Waals surface area contributed by atoms with Crippen molar-refractivity contribution >= 4 is 49.7 Å². The minimum atomic E-state index is -0.442. The lowest BCUT2D eigenvalue weighted by molar-refractivity contribution is -0.384. The first-order valence-electron chi connectivity index (χ1n) is 12.2. The highest BCUT2D eigenvalue weighted by Gasteiger charge is 2.16. The molecule has 0 radical (unpaired) electrons. The number of nitrogens with zero attached hydrogens (tertiary/aromatic N) is 4. The number of non-ortho nitro benzene ring substituents is 1. The fraction of sp³-hybridized carbons (Fsp3) is 0.0333. The van der Waals surface area contributed by atoms with E-state index in [0.717, 1.165) is 9.86 Å². The van der Waals surface area contributed by atoms with Crippen molar-refractivity contribution in [3.8, 4) is 17.3 Å². The average molecular weight is 595 g/mol. The van der Waals surface area contributed by atoms with Crippen LogP contribution in [0.1, 0.15) is 11.1 Å². The van der Waals surface area contributed by atoms with Gasteiger partial charge in [-0.15, -0.1) is 0 Å². The van der Waals surface area contributed by atoms with Crippen LogP contribution in [0.2, 0.25) is 0 Å². The number of para-hydroxylation sites is 1. The Morgan fingerprint density at radius 2 is 1.85 bits per heavy atom. The molecule has 0 saturated heterocycles. The zero-order valence-corrected chi connectivity index (χ0v) is 22.3. The van der Waals surface area contributed by atoms with Crippen molar-refractivity contribution in [2.75, 3.05) is 0 Å². The summed E-state index contributed by atoms with van der Waals surface area (Å²) in [6.07, 6.45) is 1.54. The van der Waals surface area contributed by atoms with Crippen LogP contribution in [0.5, 0.6) is 5.75 Å². The first-order valence-corrected chi connectivity index (χ1v) is 13.0. The van der Waals surface area contributed by atoms with Crippen LogP contribution < -0.4 is 10.3 Å². The normalized spacial score (nSPS) is 11.4. The van der Waals surface area contributed by atoms with Gasteiger partial charge in [-0.1, -0.05) is 52.3 Å². The minimum Gasteiger partial charge on any atom is -0.489 e. The van der Waals surface area contributed by atoms with Gasteiger partial charge in [0, 0.05) is 22.0 Å². The molecule has 196 valence electrons. The van der Waals surface area contributed by atoms with Crippen LogP contribution in [-0.2, 0) is 6.61 Å². The summed E-state index contributed by atoms with van der Waals surface area (Å²) in [6, 6.07) is 28.0. The maximum atomic E-state index is 13.5. The van der Waals surface area contributed by atoms with Gasteiger partial charge in [0.1, 0.15) is 17.9 Å². The molecule has 9 nitrogen and oxygen atoms in total. The second-order valence-corrected chi connectivity index (χ2v) is 9.81. The Morgan fingerprint density at radius 1 is 1.00 bits per heavy atom. The third kappa shape index (κ3) is 5.12. The van der Waals surface area contributed by atoms with E-state index in [-0.39, 0.29) is 23.7 Å².